The van der Waals surface area contributed by atoms with E-state index in [1.54, 1.807) is 12.4 Å². The van der Waals surface area contributed by atoms with Gasteiger partial charge in [-0.2, -0.15) is 4.98 Å². The van der Waals surface area contributed by atoms with Crippen molar-refractivity contribution in [2.45, 2.75) is 13.0 Å². The van der Waals surface area contributed by atoms with Gasteiger partial charge in [-0.1, -0.05) is 23.4 Å². The van der Waals surface area contributed by atoms with Crippen LogP contribution in [0.15, 0.2) is 53.3 Å². The van der Waals surface area contributed by atoms with Crippen molar-refractivity contribution in [3.8, 4) is 11.4 Å². The molecule has 0 bridgehead atoms. The summed E-state index contributed by atoms with van der Waals surface area (Å²) < 4.78 is 5.23. The first-order valence-electron chi connectivity index (χ1n) is 8.50. The first kappa shape index (κ1) is 16.3. The predicted molar refractivity (Wildman–Crippen MR) is 96.3 cm³/mol. The van der Waals surface area contributed by atoms with Gasteiger partial charge in [0.25, 0.3) is 0 Å². The topological polar surface area (TPSA) is 84.2 Å². The molecule has 0 unspecified atom stereocenters. The van der Waals surface area contributed by atoms with Crippen molar-refractivity contribution in [3.05, 3.63) is 60.2 Å². The number of benzene rings is 1. The number of aromatic nitrogens is 3. The van der Waals surface area contributed by atoms with Crippen LogP contribution < -0.4 is 10.2 Å². The minimum absolute atomic E-state index is 0.00462. The van der Waals surface area contributed by atoms with Crippen LogP contribution in [0.5, 0.6) is 0 Å². The molecule has 4 rings (SSSR count). The van der Waals surface area contributed by atoms with E-state index in [1.165, 1.54) is 11.3 Å². The van der Waals surface area contributed by atoms with Gasteiger partial charge in [-0.15, -0.1) is 0 Å². The van der Waals surface area contributed by atoms with E-state index in [1.807, 2.05) is 31.3 Å². The number of pyridine rings is 1. The van der Waals surface area contributed by atoms with Crippen LogP contribution >= 0.6 is 0 Å². The first-order valence-corrected chi connectivity index (χ1v) is 8.50. The van der Waals surface area contributed by atoms with Crippen LogP contribution in [0.4, 0.5) is 5.69 Å². The Morgan fingerprint density at radius 3 is 2.92 bits per heavy atom. The van der Waals surface area contributed by atoms with Gasteiger partial charge in [-0.05, 0) is 30.2 Å². The second-order valence-electron chi connectivity index (χ2n) is 6.38. The molecule has 3 heterocycles. The maximum absolute atomic E-state index is 12.6. The second kappa shape index (κ2) is 6.95. The molecule has 1 amide bonds. The van der Waals surface area contributed by atoms with Gasteiger partial charge in [0.2, 0.25) is 17.6 Å². The fourth-order valence-electron chi connectivity index (χ4n) is 3.24. The molecule has 1 aliphatic rings. The van der Waals surface area contributed by atoms with E-state index in [9.17, 15) is 4.79 Å². The summed E-state index contributed by atoms with van der Waals surface area (Å²) in [6.07, 6.45) is 4.08. The van der Waals surface area contributed by atoms with Gasteiger partial charge in [0, 0.05) is 37.2 Å². The van der Waals surface area contributed by atoms with Crippen molar-refractivity contribution < 1.29 is 9.32 Å². The van der Waals surface area contributed by atoms with E-state index in [0.717, 1.165) is 12.0 Å². The second-order valence-corrected chi connectivity index (χ2v) is 6.38. The number of hydrogen-bond acceptors (Lipinski definition) is 6. The molecule has 1 aromatic carbocycles. The molecule has 7 heteroatoms. The van der Waals surface area contributed by atoms with Crippen LogP contribution in [-0.4, -0.2) is 34.6 Å². The number of nitrogens with one attached hydrogen (secondary N) is 1. The fraction of sp³-hybridized carbons (Fsp3) is 0.263. The Morgan fingerprint density at radius 1 is 1.27 bits per heavy atom. The molecule has 1 N–H and O–H groups in total. The number of carbonyl (C=O) groups excluding carboxylic acids is 1. The van der Waals surface area contributed by atoms with E-state index < -0.39 is 0 Å². The van der Waals surface area contributed by atoms with Gasteiger partial charge in [0.1, 0.15) is 0 Å². The molecule has 3 aromatic rings. The lowest BCUT2D eigenvalue weighted by Gasteiger charge is -2.32. The Labute approximate surface area is 151 Å². The summed E-state index contributed by atoms with van der Waals surface area (Å²) in [6.45, 7) is 0.910. The van der Waals surface area contributed by atoms with E-state index in [4.69, 9.17) is 4.52 Å². The maximum Gasteiger partial charge on any atom is 0.246 e. The number of carbonyl (C=O) groups is 1. The molecule has 132 valence electrons. The summed E-state index contributed by atoms with van der Waals surface area (Å²) in [4.78, 5) is 23.0. The van der Waals surface area contributed by atoms with Gasteiger partial charge in [-0.3, -0.25) is 9.78 Å². The number of nitrogens with zero attached hydrogens (tertiary/aromatic N) is 4. The molecule has 0 spiro atoms. The molecule has 1 aliphatic heterocycles. The molecular weight excluding hydrogens is 330 g/mol. The van der Waals surface area contributed by atoms with E-state index >= 15 is 0 Å². The molecule has 0 saturated heterocycles. The summed E-state index contributed by atoms with van der Waals surface area (Å²) in [7, 11) is 2.01. The average Bonchev–Trinajstić information content (AvgIpc) is 3.16. The van der Waals surface area contributed by atoms with Crippen molar-refractivity contribution in [2.75, 3.05) is 18.5 Å². The minimum Gasteiger partial charge on any atom is -0.374 e. The summed E-state index contributed by atoms with van der Waals surface area (Å²) in [5.74, 6) is 0.769. The van der Waals surface area contributed by atoms with Gasteiger partial charge >= 0.3 is 0 Å². The Balaban J connectivity index is 1.38. The van der Waals surface area contributed by atoms with Crippen molar-refractivity contribution in [2.24, 2.45) is 5.92 Å². The molecule has 0 radical (unpaired) electrons. The molecule has 7 nitrogen and oxygen atoms in total. The highest BCUT2D eigenvalue weighted by molar-refractivity contribution is 5.81. The zero-order chi connectivity index (χ0) is 17.9. The van der Waals surface area contributed by atoms with Crippen LogP contribution in [0.3, 0.4) is 0 Å². The lowest BCUT2D eigenvalue weighted by atomic mass is 9.92. The lowest BCUT2D eigenvalue weighted by Crippen LogP contribution is -2.41. The fourth-order valence-corrected chi connectivity index (χ4v) is 3.24. The van der Waals surface area contributed by atoms with Crippen molar-refractivity contribution >= 4 is 11.6 Å². The number of amides is 1. The van der Waals surface area contributed by atoms with Crippen LogP contribution in [0.2, 0.25) is 0 Å². The van der Waals surface area contributed by atoms with Crippen LogP contribution in [0.25, 0.3) is 11.4 Å². The smallest absolute Gasteiger partial charge is 0.246 e. The number of fused-ring (bicyclic) bond motifs is 1. The zero-order valence-electron chi connectivity index (χ0n) is 14.4. The summed E-state index contributed by atoms with van der Waals surface area (Å²) in [5, 5.41) is 6.86. The third-order valence-electron chi connectivity index (χ3n) is 4.55. The molecule has 26 heavy (non-hydrogen) atoms. The van der Waals surface area contributed by atoms with Crippen LogP contribution in [0, 0.1) is 5.92 Å². The highest BCUT2D eigenvalue weighted by atomic mass is 16.5. The Kier molecular flexibility index (Phi) is 4.35. The van der Waals surface area contributed by atoms with Crippen LogP contribution in [0.1, 0.15) is 11.5 Å². The van der Waals surface area contributed by atoms with E-state index in [2.05, 4.69) is 37.5 Å². The average molecular weight is 349 g/mol. The number of hydrogen-bond donors (Lipinski definition) is 1. The Hall–Kier alpha value is -3.22. The molecular formula is C19H19N5O2. The van der Waals surface area contributed by atoms with Crippen molar-refractivity contribution in [3.63, 3.8) is 0 Å². The summed E-state index contributed by atoms with van der Waals surface area (Å²) in [5.41, 5.74) is 3.21. The van der Waals surface area contributed by atoms with Crippen molar-refractivity contribution in [1.82, 2.24) is 20.4 Å². The quantitative estimate of drug-likeness (QED) is 0.776. The largest absolute Gasteiger partial charge is 0.374 e. The highest BCUT2D eigenvalue weighted by Crippen LogP contribution is 2.28. The molecule has 1 atom stereocenters. The molecule has 0 aliphatic carbocycles. The third kappa shape index (κ3) is 3.28. The lowest BCUT2D eigenvalue weighted by molar-refractivity contribution is -0.125. The van der Waals surface area contributed by atoms with Gasteiger partial charge in [-0.25, -0.2) is 0 Å². The van der Waals surface area contributed by atoms with E-state index in [0.29, 0.717) is 18.3 Å². The monoisotopic (exact) mass is 349 g/mol. The van der Waals surface area contributed by atoms with Gasteiger partial charge in [0.05, 0.1) is 12.5 Å². The van der Waals surface area contributed by atoms with Gasteiger partial charge in [0.15, 0.2) is 0 Å². The van der Waals surface area contributed by atoms with E-state index in [-0.39, 0.29) is 18.4 Å². The summed E-state index contributed by atoms with van der Waals surface area (Å²) in [6, 6.07) is 11.8. The summed E-state index contributed by atoms with van der Waals surface area (Å²) >= 11 is 0. The van der Waals surface area contributed by atoms with Crippen LogP contribution in [-0.2, 0) is 17.8 Å². The molecule has 0 fully saturated rings. The third-order valence-corrected chi connectivity index (χ3v) is 4.55. The molecule has 2 aromatic heterocycles. The first-order chi connectivity index (χ1) is 12.7. The minimum atomic E-state index is -0.0995. The van der Waals surface area contributed by atoms with Gasteiger partial charge < -0.3 is 14.7 Å². The standard InChI is InChI=1S/C19H19N5O2/c1-24-12-15(10-14-4-2-3-5-16(14)24)19(25)21-11-17-22-18(23-26-17)13-6-8-20-9-7-13/h2-9,15H,10-12H2,1H3,(H,21,25)/t15-/m1/s1. The maximum atomic E-state index is 12.6. The number of rotatable bonds is 4. The predicted octanol–water partition coefficient (Wildman–Crippen LogP) is 2.06. The number of anilines is 1. The normalized spacial score (nSPS) is 16.2. The SMILES string of the molecule is CN1C[C@H](C(=O)NCc2nc(-c3ccncc3)no2)Cc2ccccc21. The van der Waals surface area contributed by atoms with Crippen molar-refractivity contribution in [1.29, 1.82) is 0 Å². The zero-order valence-corrected chi connectivity index (χ0v) is 14.4. The number of para-hydroxylation sites is 1. The molecule has 0 saturated carbocycles. The highest BCUT2D eigenvalue weighted by Gasteiger charge is 2.27. The Morgan fingerprint density at radius 2 is 2.08 bits per heavy atom. The Bertz CT molecular complexity index is 909.